The van der Waals surface area contributed by atoms with Gasteiger partial charge in [0.2, 0.25) is 0 Å². The predicted octanol–water partition coefficient (Wildman–Crippen LogP) is 2.30. The van der Waals surface area contributed by atoms with Crippen LogP contribution in [0.5, 0.6) is 0 Å². The third-order valence-corrected chi connectivity index (χ3v) is 2.74. The molecule has 0 aromatic rings. The first-order chi connectivity index (χ1) is 5.33. The van der Waals surface area contributed by atoms with Crippen LogP contribution in [0.4, 0.5) is 0 Å². The summed E-state index contributed by atoms with van der Waals surface area (Å²) in [6, 6.07) is 0. The molecule has 0 amide bonds. The lowest BCUT2D eigenvalue weighted by atomic mass is 9.82. The summed E-state index contributed by atoms with van der Waals surface area (Å²) in [4.78, 5) is 0. The number of nitrogens with zero attached hydrogens (tertiary/aromatic N) is 1. The molecule has 1 rings (SSSR count). The summed E-state index contributed by atoms with van der Waals surface area (Å²) < 4.78 is 2.28. The lowest BCUT2D eigenvalue weighted by Crippen LogP contribution is -2.12. The monoisotopic (exact) mass is 154 g/mol. The average Bonchev–Trinajstić information content (AvgIpc) is 1.94. The zero-order valence-electron chi connectivity index (χ0n) is 7.84. The lowest BCUT2D eigenvalue weighted by molar-refractivity contribution is -0.489. The molecule has 0 aromatic heterocycles. The van der Waals surface area contributed by atoms with Crippen LogP contribution in [0.2, 0.25) is 0 Å². The van der Waals surface area contributed by atoms with Crippen LogP contribution < -0.4 is 0 Å². The minimum atomic E-state index is 1.07. The van der Waals surface area contributed by atoms with Crippen molar-refractivity contribution < 1.29 is 4.58 Å². The smallest absolute Gasteiger partial charge is 0.139 e. The van der Waals surface area contributed by atoms with Gasteiger partial charge in [-0.3, -0.25) is 0 Å². The minimum absolute atomic E-state index is 1.07. The zero-order chi connectivity index (χ0) is 8.10. The van der Waals surface area contributed by atoms with Crippen molar-refractivity contribution in [3.63, 3.8) is 0 Å². The van der Waals surface area contributed by atoms with Gasteiger partial charge in [-0.05, 0) is 19.3 Å². The molecule has 0 bridgehead atoms. The molecule has 0 spiro atoms. The summed E-state index contributed by atoms with van der Waals surface area (Å²) >= 11 is 0. The Bertz CT molecular complexity index is 134. The van der Waals surface area contributed by atoms with Gasteiger partial charge in [-0.2, -0.15) is 0 Å². The van der Waals surface area contributed by atoms with Crippen LogP contribution >= 0.6 is 0 Å². The van der Waals surface area contributed by atoms with Crippen molar-refractivity contribution in [1.29, 1.82) is 0 Å². The Morgan fingerprint density at radius 3 is 2.64 bits per heavy atom. The van der Waals surface area contributed by atoms with Gasteiger partial charge in [0.25, 0.3) is 0 Å². The molecule has 0 unspecified atom stereocenters. The quantitative estimate of drug-likeness (QED) is 0.432. The third kappa shape index (κ3) is 3.04. The van der Waals surface area contributed by atoms with Crippen LogP contribution in [-0.4, -0.2) is 24.4 Å². The Balaban J connectivity index is 2.02. The van der Waals surface area contributed by atoms with Gasteiger partial charge in [0.1, 0.15) is 19.8 Å². The van der Waals surface area contributed by atoms with Gasteiger partial charge in [-0.25, -0.2) is 4.58 Å². The number of hydrogen-bond donors (Lipinski definition) is 0. The molecule has 1 heteroatoms. The molecule has 0 heterocycles. The van der Waals surface area contributed by atoms with Crippen molar-refractivity contribution in [3.8, 4) is 0 Å². The molecule has 11 heavy (non-hydrogen) atoms. The van der Waals surface area contributed by atoms with E-state index in [1.807, 2.05) is 0 Å². The van der Waals surface area contributed by atoms with E-state index in [-0.39, 0.29) is 0 Å². The Labute approximate surface area is 70.1 Å². The first kappa shape index (κ1) is 8.76. The second-order valence-electron chi connectivity index (χ2n) is 3.63. The highest BCUT2D eigenvalue weighted by molar-refractivity contribution is 5.50. The van der Waals surface area contributed by atoms with Gasteiger partial charge in [0, 0.05) is 6.42 Å². The Kier molecular flexibility index (Phi) is 3.61. The SMILES string of the molecule is CC[N+](C)=CCCC1CCC1. The second kappa shape index (κ2) is 4.53. The third-order valence-electron chi connectivity index (χ3n) is 2.74. The average molecular weight is 154 g/mol. The van der Waals surface area contributed by atoms with Crippen LogP contribution in [0.15, 0.2) is 0 Å². The molecule has 1 nitrogen and oxygen atoms in total. The van der Waals surface area contributed by atoms with Crippen LogP contribution in [0.3, 0.4) is 0 Å². The fourth-order valence-corrected chi connectivity index (χ4v) is 1.44. The molecule has 1 aliphatic carbocycles. The van der Waals surface area contributed by atoms with E-state index in [1.165, 1.54) is 32.1 Å². The van der Waals surface area contributed by atoms with Gasteiger partial charge < -0.3 is 0 Å². The molecule has 1 aliphatic rings. The molecule has 0 N–H and O–H groups in total. The predicted molar refractivity (Wildman–Crippen MR) is 49.4 cm³/mol. The molecule has 0 radical (unpaired) electrons. The molecule has 1 saturated carbocycles. The van der Waals surface area contributed by atoms with Crippen molar-refractivity contribution in [2.24, 2.45) is 5.92 Å². The van der Waals surface area contributed by atoms with Gasteiger partial charge in [0.15, 0.2) is 0 Å². The molecule has 64 valence electrons. The van der Waals surface area contributed by atoms with Gasteiger partial charge in [-0.1, -0.05) is 19.3 Å². The summed E-state index contributed by atoms with van der Waals surface area (Å²) in [5, 5.41) is 0. The van der Waals surface area contributed by atoms with Gasteiger partial charge in [0.05, 0.1) is 0 Å². The van der Waals surface area contributed by atoms with Crippen molar-refractivity contribution in [3.05, 3.63) is 0 Å². The molecular formula is C10H20N+. The van der Waals surface area contributed by atoms with E-state index in [2.05, 4.69) is 24.8 Å². The summed E-state index contributed by atoms with van der Waals surface area (Å²) in [5.74, 6) is 1.07. The Morgan fingerprint density at radius 1 is 1.45 bits per heavy atom. The van der Waals surface area contributed by atoms with Crippen LogP contribution in [0.25, 0.3) is 0 Å². The largest absolute Gasteiger partial charge is 0.243 e. The van der Waals surface area contributed by atoms with Crippen LogP contribution in [-0.2, 0) is 0 Å². The molecule has 0 aromatic carbocycles. The summed E-state index contributed by atoms with van der Waals surface area (Å²) in [5.41, 5.74) is 0. The highest BCUT2D eigenvalue weighted by Gasteiger charge is 2.16. The fourth-order valence-electron chi connectivity index (χ4n) is 1.44. The molecule has 0 saturated heterocycles. The molecule has 1 fully saturated rings. The maximum atomic E-state index is 2.33. The summed E-state index contributed by atoms with van der Waals surface area (Å²) in [6.45, 7) is 3.34. The van der Waals surface area contributed by atoms with Crippen molar-refractivity contribution >= 4 is 6.21 Å². The van der Waals surface area contributed by atoms with E-state index >= 15 is 0 Å². The highest BCUT2D eigenvalue weighted by atomic mass is 14.9. The summed E-state index contributed by atoms with van der Waals surface area (Å²) in [7, 11) is 2.15. The summed E-state index contributed by atoms with van der Waals surface area (Å²) in [6.07, 6.45) is 9.50. The van der Waals surface area contributed by atoms with E-state index < -0.39 is 0 Å². The topological polar surface area (TPSA) is 3.01 Å². The minimum Gasteiger partial charge on any atom is -0.243 e. The maximum absolute atomic E-state index is 2.33. The number of rotatable bonds is 4. The number of hydrogen-bond acceptors (Lipinski definition) is 0. The Morgan fingerprint density at radius 2 is 2.18 bits per heavy atom. The maximum Gasteiger partial charge on any atom is 0.139 e. The fraction of sp³-hybridized carbons (Fsp3) is 0.900. The first-order valence-corrected chi connectivity index (χ1v) is 4.86. The first-order valence-electron chi connectivity index (χ1n) is 4.86. The Hall–Kier alpha value is -0.330. The van der Waals surface area contributed by atoms with Crippen molar-refractivity contribution in [2.75, 3.05) is 13.6 Å². The van der Waals surface area contributed by atoms with Gasteiger partial charge in [-0.15, -0.1) is 0 Å². The highest BCUT2D eigenvalue weighted by Crippen LogP contribution is 2.29. The zero-order valence-corrected chi connectivity index (χ0v) is 7.84. The van der Waals surface area contributed by atoms with E-state index in [4.69, 9.17) is 0 Å². The molecular weight excluding hydrogens is 134 g/mol. The van der Waals surface area contributed by atoms with E-state index in [9.17, 15) is 0 Å². The van der Waals surface area contributed by atoms with E-state index in [1.54, 1.807) is 0 Å². The standard InChI is InChI=1S/C10H20N/c1-3-11(2)9-5-8-10-6-4-7-10/h9-10H,3-8H2,1-2H3/q+1. The lowest BCUT2D eigenvalue weighted by Gasteiger charge is -2.23. The van der Waals surface area contributed by atoms with Crippen molar-refractivity contribution in [2.45, 2.75) is 39.0 Å². The van der Waals surface area contributed by atoms with Crippen LogP contribution in [0.1, 0.15) is 39.0 Å². The van der Waals surface area contributed by atoms with E-state index in [0.29, 0.717) is 0 Å². The second-order valence-corrected chi connectivity index (χ2v) is 3.63. The normalized spacial score (nSPS) is 20.0. The van der Waals surface area contributed by atoms with Crippen LogP contribution in [0, 0.1) is 5.92 Å². The molecule has 0 aliphatic heterocycles. The van der Waals surface area contributed by atoms with Gasteiger partial charge >= 0.3 is 0 Å². The molecule has 0 atom stereocenters. The van der Waals surface area contributed by atoms with Crippen molar-refractivity contribution in [1.82, 2.24) is 0 Å². The van der Waals surface area contributed by atoms with E-state index in [0.717, 1.165) is 12.5 Å².